The summed E-state index contributed by atoms with van der Waals surface area (Å²) in [5, 5.41) is 0. The third-order valence-corrected chi connectivity index (χ3v) is 3.23. The van der Waals surface area contributed by atoms with Gasteiger partial charge in [0.05, 0.1) is 5.60 Å². The summed E-state index contributed by atoms with van der Waals surface area (Å²) < 4.78 is 0. The van der Waals surface area contributed by atoms with Gasteiger partial charge in [-0.1, -0.05) is 33.6 Å². The van der Waals surface area contributed by atoms with Crippen LogP contribution in [0.15, 0.2) is 0 Å². The van der Waals surface area contributed by atoms with E-state index in [-0.39, 0.29) is 16.6 Å². The lowest BCUT2D eigenvalue weighted by molar-refractivity contribution is -0.419. The number of hydrogen-bond donors (Lipinski definition) is 0. The van der Waals surface area contributed by atoms with Crippen LogP contribution in [-0.4, -0.2) is 11.2 Å². The molecular weight excluding hydrogens is 188 g/mol. The molecule has 0 heterocycles. The molecule has 0 aliphatic heterocycles. The Hall–Kier alpha value is -0.0800. The summed E-state index contributed by atoms with van der Waals surface area (Å²) in [6.07, 6.45) is 4.74. The first-order chi connectivity index (χ1) is 6.66. The zero-order valence-electron chi connectivity index (χ0n) is 11.1. The minimum atomic E-state index is -0.221. The molecular formula is C13H26O2. The highest BCUT2D eigenvalue weighted by Crippen LogP contribution is 2.46. The largest absolute Gasteiger partial charge is 0.230 e. The molecule has 0 atom stereocenters. The van der Waals surface area contributed by atoms with Gasteiger partial charge in [-0.15, -0.1) is 0 Å². The van der Waals surface area contributed by atoms with E-state index in [0.29, 0.717) is 0 Å². The molecule has 1 aliphatic carbocycles. The Morgan fingerprint density at radius 1 is 0.867 bits per heavy atom. The van der Waals surface area contributed by atoms with Gasteiger partial charge in [0.1, 0.15) is 5.60 Å². The maximum absolute atomic E-state index is 5.82. The molecule has 1 saturated carbocycles. The summed E-state index contributed by atoms with van der Waals surface area (Å²) >= 11 is 0. The summed E-state index contributed by atoms with van der Waals surface area (Å²) in [7, 11) is 0. The summed E-state index contributed by atoms with van der Waals surface area (Å²) in [4.78, 5) is 11.4. The zero-order chi connectivity index (χ0) is 11.7. The monoisotopic (exact) mass is 214 g/mol. The van der Waals surface area contributed by atoms with E-state index < -0.39 is 0 Å². The van der Waals surface area contributed by atoms with Crippen molar-refractivity contribution in [3.05, 3.63) is 0 Å². The van der Waals surface area contributed by atoms with Crippen molar-refractivity contribution in [2.75, 3.05) is 0 Å². The predicted molar refractivity (Wildman–Crippen MR) is 62.6 cm³/mol. The van der Waals surface area contributed by atoms with Crippen LogP contribution in [0.1, 0.15) is 67.2 Å². The topological polar surface area (TPSA) is 18.5 Å². The van der Waals surface area contributed by atoms with Crippen LogP contribution >= 0.6 is 0 Å². The zero-order valence-corrected chi connectivity index (χ0v) is 11.1. The third-order valence-electron chi connectivity index (χ3n) is 3.23. The molecule has 0 amide bonds. The Morgan fingerprint density at radius 3 is 1.67 bits per heavy atom. The van der Waals surface area contributed by atoms with Gasteiger partial charge in [0, 0.05) is 0 Å². The van der Waals surface area contributed by atoms with Gasteiger partial charge in [0.25, 0.3) is 0 Å². The molecule has 1 aliphatic rings. The van der Waals surface area contributed by atoms with Gasteiger partial charge >= 0.3 is 0 Å². The SMILES string of the molecule is CC(C)(C)OOC1(C(C)(C)C)CCCC1. The molecule has 0 unspecified atom stereocenters. The first kappa shape index (κ1) is 13.0. The van der Waals surface area contributed by atoms with Gasteiger partial charge in [-0.3, -0.25) is 0 Å². The Bertz CT molecular complexity index is 202. The highest BCUT2D eigenvalue weighted by atomic mass is 17.2. The quantitative estimate of drug-likeness (QED) is 0.509. The second kappa shape index (κ2) is 4.06. The highest BCUT2D eigenvalue weighted by Gasteiger charge is 2.47. The van der Waals surface area contributed by atoms with E-state index in [0.717, 1.165) is 12.8 Å². The Kier molecular flexibility index (Phi) is 3.52. The fourth-order valence-electron chi connectivity index (χ4n) is 2.11. The third kappa shape index (κ3) is 3.18. The molecule has 1 fully saturated rings. The fraction of sp³-hybridized carbons (Fsp3) is 1.00. The molecule has 15 heavy (non-hydrogen) atoms. The maximum atomic E-state index is 5.82. The summed E-state index contributed by atoms with van der Waals surface area (Å²) in [5.74, 6) is 0. The molecule has 2 nitrogen and oxygen atoms in total. The maximum Gasteiger partial charge on any atom is 0.108 e. The molecule has 2 heteroatoms. The molecule has 0 aromatic carbocycles. The summed E-state index contributed by atoms with van der Waals surface area (Å²) in [6.45, 7) is 12.8. The van der Waals surface area contributed by atoms with Gasteiger partial charge in [-0.2, -0.15) is 0 Å². The standard InChI is InChI=1S/C13H26O2/c1-11(2,3)13(9-7-8-10-13)15-14-12(4,5)6/h7-10H2,1-6H3. The van der Waals surface area contributed by atoms with E-state index in [4.69, 9.17) is 9.78 Å². The van der Waals surface area contributed by atoms with Crippen molar-refractivity contribution in [3.8, 4) is 0 Å². The van der Waals surface area contributed by atoms with E-state index in [1.807, 2.05) is 20.8 Å². The molecule has 0 aromatic rings. The van der Waals surface area contributed by atoms with E-state index >= 15 is 0 Å². The number of hydrogen-bond acceptors (Lipinski definition) is 2. The van der Waals surface area contributed by atoms with E-state index in [2.05, 4.69) is 20.8 Å². The Labute approximate surface area is 94.3 Å². The second-order valence-corrected chi connectivity index (χ2v) is 6.73. The van der Waals surface area contributed by atoms with Crippen LogP contribution in [0, 0.1) is 5.41 Å². The van der Waals surface area contributed by atoms with Crippen molar-refractivity contribution in [3.63, 3.8) is 0 Å². The van der Waals surface area contributed by atoms with Gasteiger partial charge in [-0.05, 0) is 39.0 Å². The van der Waals surface area contributed by atoms with Crippen molar-refractivity contribution in [1.29, 1.82) is 0 Å². The van der Waals surface area contributed by atoms with Crippen molar-refractivity contribution in [2.24, 2.45) is 5.41 Å². The molecule has 0 radical (unpaired) electrons. The van der Waals surface area contributed by atoms with Gasteiger partial charge in [0.2, 0.25) is 0 Å². The van der Waals surface area contributed by atoms with Crippen LogP contribution in [-0.2, 0) is 9.78 Å². The molecule has 0 N–H and O–H groups in total. The Morgan fingerprint density at radius 2 is 1.33 bits per heavy atom. The summed E-state index contributed by atoms with van der Waals surface area (Å²) in [5.41, 5.74) is -0.157. The minimum Gasteiger partial charge on any atom is -0.230 e. The predicted octanol–water partition coefficient (Wildman–Crippen LogP) is 4.09. The average molecular weight is 214 g/mol. The van der Waals surface area contributed by atoms with Crippen LogP contribution in [0.4, 0.5) is 0 Å². The van der Waals surface area contributed by atoms with E-state index in [1.54, 1.807) is 0 Å². The average Bonchev–Trinajstić information content (AvgIpc) is 2.46. The van der Waals surface area contributed by atoms with Crippen LogP contribution in [0.25, 0.3) is 0 Å². The highest BCUT2D eigenvalue weighted by molar-refractivity contribution is 4.95. The van der Waals surface area contributed by atoms with Gasteiger partial charge < -0.3 is 0 Å². The lowest BCUT2D eigenvalue weighted by Gasteiger charge is -2.41. The van der Waals surface area contributed by atoms with Crippen LogP contribution in [0.2, 0.25) is 0 Å². The lowest BCUT2D eigenvalue weighted by atomic mass is 9.75. The Balaban J connectivity index is 2.67. The molecule has 0 bridgehead atoms. The fourth-order valence-corrected chi connectivity index (χ4v) is 2.11. The van der Waals surface area contributed by atoms with Crippen molar-refractivity contribution in [2.45, 2.75) is 78.4 Å². The van der Waals surface area contributed by atoms with Crippen molar-refractivity contribution in [1.82, 2.24) is 0 Å². The molecule has 0 saturated heterocycles. The smallest absolute Gasteiger partial charge is 0.108 e. The first-order valence-electron chi connectivity index (χ1n) is 6.03. The van der Waals surface area contributed by atoms with E-state index in [9.17, 15) is 0 Å². The van der Waals surface area contributed by atoms with Crippen LogP contribution in [0.3, 0.4) is 0 Å². The molecule has 1 rings (SSSR count). The minimum absolute atomic E-state index is 0.0831. The lowest BCUT2D eigenvalue weighted by Crippen LogP contribution is -2.44. The first-order valence-corrected chi connectivity index (χ1v) is 6.03. The number of rotatable bonds is 2. The summed E-state index contributed by atoms with van der Waals surface area (Å²) in [6, 6.07) is 0. The van der Waals surface area contributed by atoms with Crippen LogP contribution < -0.4 is 0 Å². The van der Waals surface area contributed by atoms with Gasteiger partial charge in [-0.25, -0.2) is 9.78 Å². The van der Waals surface area contributed by atoms with E-state index in [1.165, 1.54) is 12.8 Å². The normalized spacial score (nSPS) is 22.0. The second-order valence-electron chi connectivity index (χ2n) is 6.73. The van der Waals surface area contributed by atoms with Crippen molar-refractivity contribution >= 4 is 0 Å². The van der Waals surface area contributed by atoms with Crippen LogP contribution in [0.5, 0.6) is 0 Å². The van der Waals surface area contributed by atoms with Gasteiger partial charge in [0.15, 0.2) is 0 Å². The van der Waals surface area contributed by atoms with Crippen molar-refractivity contribution < 1.29 is 9.78 Å². The molecule has 0 spiro atoms. The molecule has 90 valence electrons. The molecule has 0 aromatic heterocycles.